The van der Waals surface area contributed by atoms with Crippen molar-refractivity contribution in [3.05, 3.63) is 35.7 Å². The number of carboxylic acids is 1. The zero-order chi connectivity index (χ0) is 14.5. The second-order valence-electron chi connectivity index (χ2n) is 4.67. The van der Waals surface area contributed by atoms with Gasteiger partial charge in [-0.05, 0) is 11.5 Å². The topological polar surface area (TPSA) is 76.2 Å². The van der Waals surface area contributed by atoms with E-state index in [0.29, 0.717) is 23.4 Å². The van der Waals surface area contributed by atoms with E-state index in [0.717, 1.165) is 5.56 Å². The van der Waals surface area contributed by atoms with E-state index in [1.807, 2.05) is 12.1 Å². The van der Waals surface area contributed by atoms with Gasteiger partial charge in [-0.3, -0.25) is 4.79 Å². The molecule has 0 aliphatic carbocycles. The molecule has 0 amide bonds. The Morgan fingerprint density at radius 3 is 2.65 bits per heavy atom. The van der Waals surface area contributed by atoms with Gasteiger partial charge in [-0.2, -0.15) is 4.98 Å². The zero-order valence-electron chi connectivity index (χ0n) is 11.4. The average Bonchev–Trinajstić information content (AvgIpc) is 2.87. The SMILES string of the molecule is CC(C)c1ccc(-c2noc(CSCC(=O)O)n2)cc1. The maximum Gasteiger partial charge on any atom is 0.313 e. The molecule has 0 saturated carbocycles. The van der Waals surface area contributed by atoms with Gasteiger partial charge in [0.15, 0.2) is 0 Å². The fourth-order valence-electron chi connectivity index (χ4n) is 1.67. The van der Waals surface area contributed by atoms with Crippen LogP contribution in [0, 0.1) is 0 Å². The summed E-state index contributed by atoms with van der Waals surface area (Å²) in [6, 6.07) is 8.03. The zero-order valence-corrected chi connectivity index (χ0v) is 12.2. The molecule has 1 aromatic heterocycles. The smallest absolute Gasteiger partial charge is 0.313 e. The van der Waals surface area contributed by atoms with Crippen LogP contribution in [-0.2, 0) is 10.5 Å². The van der Waals surface area contributed by atoms with E-state index in [1.54, 1.807) is 0 Å². The molecule has 0 aliphatic heterocycles. The molecule has 0 fully saturated rings. The van der Waals surface area contributed by atoms with Gasteiger partial charge in [0.1, 0.15) is 0 Å². The fraction of sp³-hybridized carbons (Fsp3) is 0.357. The van der Waals surface area contributed by atoms with Crippen molar-refractivity contribution in [3.8, 4) is 11.4 Å². The van der Waals surface area contributed by atoms with E-state index in [2.05, 4.69) is 36.1 Å². The van der Waals surface area contributed by atoms with Crippen LogP contribution in [0.2, 0.25) is 0 Å². The lowest BCUT2D eigenvalue weighted by Gasteiger charge is -2.04. The van der Waals surface area contributed by atoms with Gasteiger partial charge in [-0.15, -0.1) is 11.8 Å². The predicted molar refractivity (Wildman–Crippen MR) is 77.6 cm³/mol. The Hall–Kier alpha value is -1.82. The van der Waals surface area contributed by atoms with Crippen LogP contribution in [0.3, 0.4) is 0 Å². The van der Waals surface area contributed by atoms with Crippen LogP contribution in [-0.4, -0.2) is 27.0 Å². The number of aliphatic carboxylic acids is 1. The summed E-state index contributed by atoms with van der Waals surface area (Å²) in [4.78, 5) is 14.7. The maximum atomic E-state index is 10.4. The van der Waals surface area contributed by atoms with Crippen molar-refractivity contribution in [3.63, 3.8) is 0 Å². The number of nitrogens with zero attached hydrogens (tertiary/aromatic N) is 2. The number of aromatic nitrogens is 2. The minimum absolute atomic E-state index is 0.0286. The summed E-state index contributed by atoms with van der Waals surface area (Å²) in [6.07, 6.45) is 0. The van der Waals surface area contributed by atoms with Crippen molar-refractivity contribution in [1.29, 1.82) is 0 Å². The van der Waals surface area contributed by atoms with Crippen molar-refractivity contribution in [2.75, 3.05) is 5.75 Å². The Morgan fingerprint density at radius 2 is 2.05 bits per heavy atom. The highest BCUT2D eigenvalue weighted by Gasteiger charge is 2.10. The first-order valence-corrected chi connectivity index (χ1v) is 7.44. The molecule has 2 rings (SSSR count). The van der Waals surface area contributed by atoms with Gasteiger partial charge in [0.2, 0.25) is 11.7 Å². The molecular formula is C14H16N2O3S. The highest BCUT2D eigenvalue weighted by atomic mass is 32.2. The molecule has 0 aliphatic rings. The second-order valence-corrected chi connectivity index (χ2v) is 5.66. The van der Waals surface area contributed by atoms with Gasteiger partial charge >= 0.3 is 5.97 Å². The lowest BCUT2D eigenvalue weighted by atomic mass is 10.0. The molecule has 1 aromatic carbocycles. The Balaban J connectivity index is 2.02. The van der Waals surface area contributed by atoms with Crippen LogP contribution in [0.4, 0.5) is 0 Å². The van der Waals surface area contributed by atoms with E-state index in [4.69, 9.17) is 9.63 Å². The van der Waals surface area contributed by atoms with Crippen molar-refractivity contribution < 1.29 is 14.4 Å². The molecule has 1 heterocycles. The van der Waals surface area contributed by atoms with Crippen LogP contribution in [0.5, 0.6) is 0 Å². The van der Waals surface area contributed by atoms with E-state index < -0.39 is 5.97 Å². The molecule has 20 heavy (non-hydrogen) atoms. The molecule has 1 N–H and O–H groups in total. The van der Waals surface area contributed by atoms with Crippen LogP contribution >= 0.6 is 11.8 Å². The standard InChI is InChI=1S/C14H16N2O3S/c1-9(2)10-3-5-11(6-4-10)14-15-12(19-16-14)7-20-8-13(17)18/h3-6,9H,7-8H2,1-2H3,(H,17,18). The van der Waals surface area contributed by atoms with Crippen molar-refractivity contribution in [2.45, 2.75) is 25.5 Å². The molecule has 0 spiro atoms. The largest absolute Gasteiger partial charge is 0.481 e. The second kappa shape index (κ2) is 6.56. The van der Waals surface area contributed by atoms with Crippen LogP contribution < -0.4 is 0 Å². The van der Waals surface area contributed by atoms with Gasteiger partial charge in [0, 0.05) is 5.56 Å². The summed E-state index contributed by atoms with van der Waals surface area (Å²) in [5, 5.41) is 12.5. The average molecular weight is 292 g/mol. The molecule has 0 atom stereocenters. The highest BCUT2D eigenvalue weighted by Crippen LogP contribution is 2.21. The molecule has 0 unspecified atom stereocenters. The monoisotopic (exact) mass is 292 g/mol. The predicted octanol–water partition coefficient (Wildman–Crippen LogP) is 3.18. The van der Waals surface area contributed by atoms with Crippen molar-refractivity contribution in [1.82, 2.24) is 10.1 Å². The van der Waals surface area contributed by atoms with Crippen LogP contribution in [0.15, 0.2) is 28.8 Å². The summed E-state index contributed by atoms with van der Waals surface area (Å²) in [5.74, 6) is 1.05. The number of benzene rings is 1. The molecule has 2 aromatic rings. The third-order valence-electron chi connectivity index (χ3n) is 2.75. The van der Waals surface area contributed by atoms with E-state index in [9.17, 15) is 4.79 Å². The quantitative estimate of drug-likeness (QED) is 0.881. The minimum atomic E-state index is -0.848. The van der Waals surface area contributed by atoms with Crippen LogP contribution in [0.1, 0.15) is 31.2 Å². The fourth-order valence-corrected chi connectivity index (χ4v) is 2.24. The van der Waals surface area contributed by atoms with E-state index >= 15 is 0 Å². The number of carboxylic acid groups (broad SMARTS) is 1. The third kappa shape index (κ3) is 3.84. The molecular weight excluding hydrogens is 276 g/mol. The first-order chi connectivity index (χ1) is 9.56. The van der Waals surface area contributed by atoms with E-state index in [-0.39, 0.29) is 5.75 Å². The number of hydrogen-bond acceptors (Lipinski definition) is 5. The summed E-state index contributed by atoms with van der Waals surface area (Å²) in [5.41, 5.74) is 2.15. The first-order valence-electron chi connectivity index (χ1n) is 6.28. The summed E-state index contributed by atoms with van der Waals surface area (Å²) < 4.78 is 5.10. The Kier molecular flexibility index (Phi) is 4.79. The van der Waals surface area contributed by atoms with E-state index in [1.165, 1.54) is 17.3 Å². The highest BCUT2D eigenvalue weighted by molar-refractivity contribution is 7.99. The first kappa shape index (κ1) is 14.6. The third-order valence-corrected chi connectivity index (χ3v) is 3.66. The number of carbonyl (C=O) groups is 1. The molecule has 5 nitrogen and oxygen atoms in total. The molecule has 0 bridgehead atoms. The summed E-state index contributed by atoms with van der Waals surface area (Å²) in [7, 11) is 0. The molecule has 0 radical (unpaired) electrons. The van der Waals surface area contributed by atoms with Crippen molar-refractivity contribution >= 4 is 17.7 Å². The minimum Gasteiger partial charge on any atom is -0.481 e. The molecule has 106 valence electrons. The lowest BCUT2D eigenvalue weighted by molar-refractivity contribution is -0.133. The van der Waals surface area contributed by atoms with Gasteiger partial charge in [0.25, 0.3) is 0 Å². The van der Waals surface area contributed by atoms with Crippen molar-refractivity contribution in [2.24, 2.45) is 0 Å². The van der Waals surface area contributed by atoms with Gasteiger partial charge in [-0.1, -0.05) is 43.3 Å². The van der Waals surface area contributed by atoms with Crippen LogP contribution in [0.25, 0.3) is 11.4 Å². The number of rotatable bonds is 6. The summed E-state index contributed by atoms with van der Waals surface area (Å²) in [6.45, 7) is 4.28. The van der Waals surface area contributed by atoms with Gasteiger partial charge < -0.3 is 9.63 Å². The maximum absolute atomic E-state index is 10.4. The molecule has 0 saturated heterocycles. The Bertz CT molecular complexity index is 578. The normalized spacial score (nSPS) is 10.9. The lowest BCUT2D eigenvalue weighted by Crippen LogP contribution is -1.98. The van der Waals surface area contributed by atoms with Gasteiger partial charge in [-0.25, -0.2) is 0 Å². The molecule has 6 heteroatoms. The Labute approximate surface area is 121 Å². The number of hydrogen-bond donors (Lipinski definition) is 1. The summed E-state index contributed by atoms with van der Waals surface area (Å²) >= 11 is 1.23. The van der Waals surface area contributed by atoms with Gasteiger partial charge in [0.05, 0.1) is 11.5 Å². The number of thioether (sulfide) groups is 1. The Morgan fingerprint density at radius 1 is 1.35 bits per heavy atom.